The molecular weight excluding hydrogens is 284 g/mol. The van der Waals surface area contributed by atoms with Gasteiger partial charge in [0.25, 0.3) is 0 Å². The van der Waals surface area contributed by atoms with Gasteiger partial charge in [-0.15, -0.1) is 5.10 Å². The molecule has 0 spiro atoms. The zero-order valence-corrected chi connectivity index (χ0v) is 12.8. The number of methoxy groups -OCH3 is 1. The monoisotopic (exact) mass is 304 g/mol. The smallest absolute Gasteiger partial charge is 0.362 e. The molecule has 2 rings (SSSR count). The molecule has 118 valence electrons. The van der Waals surface area contributed by atoms with Crippen LogP contribution >= 0.6 is 0 Å². The van der Waals surface area contributed by atoms with Crippen LogP contribution in [0.25, 0.3) is 0 Å². The van der Waals surface area contributed by atoms with E-state index >= 15 is 0 Å². The number of aryl methyl sites for hydroxylation is 2. The van der Waals surface area contributed by atoms with E-state index in [4.69, 9.17) is 10.5 Å². The highest BCUT2D eigenvalue weighted by Crippen LogP contribution is 2.13. The number of nitrogen functional groups attached to an aromatic ring is 1. The lowest BCUT2D eigenvalue weighted by atomic mass is 10.2. The molecular formula is C15H20N4O3. The van der Waals surface area contributed by atoms with Gasteiger partial charge in [0.2, 0.25) is 5.69 Å². The van der Waals surface area contributed by atoms with Crippen molar-refractivity contribution in [3.63, 3.8) is 0 Å². The summed E-state index contributed by atoms with van der Waals surface area (Å²) < 4.78 is 11.7. The number of ether oxygens (including phenoxy) is 2. The molecule has 2 aromatic rings. The molecule has 1 heterocycles. The zero-order valence-electron chi connectivity index (χ0n) is 12.8. The summed E-state index contributed by atoms with van der Waals surface area (Å²) in [5, 5.41) is 7.58. The molecule has 0 atom stereocenters. The van der Waals surface area contributed by atoms with E-state index in [1.807, 2.05) is 31.2 Å². The van der Waals surface area contributed by atoms with E-state index in [9.17, 15) is 4.79 Å². The molecule has 0 amide bonds. The summed E-state index contributed by atoms with van der Waals surface area (Å²) in [6.45, 7) is 3.22. The second-order valence-corrected chi connectivity index (χ2v) is 4.91. The first-order valence-electron chi connectivity index (χ1n) is 7.08. The van der Waals surface area contributed by atoms with Crippen LogP contribution in [-0.4, -0.2) is 34.7 Å². The van der Waals surface area contributed by atoms with Crippen molar-refractivity contribution in [2.75, 3.05) is 19.5 Å². The number of hydrogen-bond acceptors (Lipinski definition) is 6. The molecule has 22 heavy (non-hydrogen) atoms. The maximum Gasteiger partial charge on any atom is 0.362 e. The fourth-order valence-electron chi connectivity index (χ4n) is 1.99. The Morgan fingerprint density at radius 3 is 2.91 bits per heavy atom. The normalized spacial score (nSPS) is 10.5. The average Bonchev–Trinajstić information content (AvgIpc) is 2.87. The van der Waals surface area contributed by atoms with Crippen LogP contribution in [0.5, 0.6) is 5.75 Å². The van der Waals surface area contributed by atoms with Crippen LogP contribution in [0, 0.1) is 6.92 Å². The van der Waals surface area contributed by atoms with Crippen molar-refractivity contribution >= 4 is 11.8 Å². The Balaban J connectivity index is 1.75. The van der Waals surface area contributed by atoms with Gasteiger partial charge in [-0.05, 0) is 37.5 Å². The number of rotatable bonds is 7. The Morgan fingerprint density at radius 1 is 1.36 bits per heavy atom. The summed E-state index contributed by atoms with van der Waals surface area (Å²) in [6.07, 6.45) is 1.67. The van der Waals surface area contributed by atoms with Gasteiger partial charge in [0.15, 0.2) is 5.82 Å². The Kier molecular flexibility index (Phi) is 5.35. The van der Waals surface area contributed by atoms with Gasteiger partial charge in [-0.2, -0.15) is 0 Å². The molecule has 0 saturated carbocycles. The lowest BCUT2D eigenvalue weighted by Crippen LogP contribution is -2.09. The molecule has 0 bridgehead atoms. The van der Waals surface area contributed by atoms with Crippen LogP contribution in [0.2, 0.25) is 0 Å². The van der Waals surface area contributed by atoms with Crippen LogP contribution in [0.1, 0.15) is 28.9 Å². The van der Waals surface area contributed by atoms with Crippen molar-refractivity contribution in [3.8, 4) is 5.75 Å². The fourth-order valence-corrected chi connectivity index (χ4v) is 1.99. The topological polar surface area (TPSA) is 92.3 Å². The van der Waals surface area contributed by atoms with E-state index in [0.717, 1.165) is 18.6 Å². The maximum atomic E-state index is 11.4. The first-order valence-corrected chi connectivity index (χ1v) is 7.08. The van der Waals surface area contributed by atoms with Crippen LogP contribution in [0.15, 0.2) is 24.3 Å². The minimum atomic E-state index is -0.577. The SMILES string of the molecule is COC(=O)c1nnn(CCCCOc2cccc(C)c2)c1N. The third-order valence-corrected chi connectivity index (χ3v) is 3.17. The third-order valence-electron chi connectivity index (χ3n) is 3.17. The summed E-state index contributed by atoms with van der Waals surface area (Å²) in [6, 6.07) is 7.93. The molecule has 7 nitrogen and oxygen atoms in total. The van der Waals surface area contributed by atoms with E-state index < -0.39 is 5.97 Å². The molecule has 0 aliphatic heterocycles. The molecule has 0 radical (unpaired) electrons. The number of benzene rings is 1. The fraction of sp³-hybridized carbons (Fsp3) is 0.400. The van der Waals surface area contributed by atoms with Gasteiger partial charge in [0.1, 0.15) is 5.75 Å². The van der Waals surface area contributed by atoms with E-state index in [1.54, 1.807) is 0 Å². The van der Waals surface area contributed by atoms with Crippen molar-refractivity contribution in [2.45, 2.75) is 26.3 Å². The quantitative estimate of drug-likeness (QED) is 0.619. The van der Waals surface area contributed by atoms with Gasteiger partial charge < -0.3 is 15.2 Å². The van der Waals surface area contributed by atoms with Crippen LogP contribution in [-0.2, 0) is 11.3 Å². The Hall–Kier alpha value is -2.57. The summed E-state index contributed by atoms with van der Waals surface area (Å²) >= 11 is 0. The molecule has 0 saturated heterocycles. The van der Waals surface area contributed by atoms with Crippen LogP contribution in [0.3, 0.4) is 0 Å². The number of esters is 1. The summed E-state index contributed by atoms with van der Waals surface area (Å²) in [5.41, 5.74) is 7.03. The van der Waals surface area contributed by atoms with Gasteiger partial charge in [0.05, 0.1) is 13.7 Å². The number of carbonyl (C=O) groups is 1. The van der Waals surface area contributed by atoms with Crippen molar-refractivity contribution < 1.29 is 14.3 Å². The summed E-state index contributed by atoms with van der Waals surface area (Å²) in [7, 11) is 1.28. The molecule has 0 aliphatic rings. The minimum Gasteiger partial charge on any atom is -0.494 e. The van der Waals surface area contributed by atoms with E-state index in [2.05, 4.69) is 15.0 Å². The third kappa shape index (κ3) is 3.97. The molecule has 0 fully saturated rings. The molecule has 0 unspecified atom stereocenters. The van der Waals surface area contributed by atoms with Gasteiger partial charge in [-0.25, -0.2) is 9.48 Å². The highest BCUT2D eigenvalue weighted by Gasteiger charge is 2.17. The molecule has 0 aliphatic carbocycles. The number of unbranched alkanes of at least 4 members (excludes halogenated alkanes) is 1. The first kappa shape index (κ1) is 15.8. The van der Waals surface area contributed by atoms with Crippen molar-refractivity contribution in [2.24, 2.45) is 0 Å². The summed E-state index contributed by atoms with van der Waals surface area (Å²) in [4.78, 5) is 11.4. The molecule has 2 N–H and O–H groups in total. The molecule has 1 aromatic carbocycles. The molecule has 7 heteroatoms. The van der Waals surface area contributed by atoms with Crippen molar-refractivity contribution in [1.82, 2.24) is 15.0 Å². The maximum absolute atomic E-state index is 11.4. The van der Waals surface area contributed by atoms with Gasteiger partial charge in [-0.3, -0.25) is 0 Å². The second-order valence-electron chi connectivity index (χ2n) is 4.91. The predicted molar refractivity (Wildman–Crippen MR) is 81.7 cm³/mol. The van der Waals surface area contributed by atoms with E-state index in [-0.39, 0.29) is 11.5 Å². The zero-order chi connectivity index (χ0) is 15.9. The Morgan fingerprint density at radius 2 is 2.18 bits per heavy atom. The number of anilines is 1. The van der Waals surface area contributed by atoms with Gasteiger partial charge >= 0.3 is 5.97 Å². The highest BCUT2D eigenvalue weighted by molar-refractivity contribution is 5.91. The number of nitrogens with zero attached hydrogens (tertiary/aromatic N) is 3. The van der Waals surface area contributed by atoms with Crippen LogP contribution in [0.4, 0.5) is 5.82 Å². The van der Waals surface area contributed by atoms with Crippen molar-refractivity contribution in [3.05, 3.63) is 35.5 Å². The van der Waals surface area contributed by atoms with E-state index in [0.29, 0.717) is 13.2 Å². The lowest BCUT2D eigenvalue weighted by Gasteiger charge is -2.07. The standard InChI is InChI=1S/C15H20N4O3/c1-11-6-5-7-12(10-11)22-9-4-3-8-19-14(16)13(17-18-19)15(20)21-2/h5-7,10H,3-4,8-9,16H2,1-2H3. The largest absolute Gasteiger partial charge is 0.494 e. The second kappa shape index (κ2) is 7.44. The number of aromatic nitrogens is 3. The Labute approximate surface area is 129 Å². The first-order chi connectivity index (χ1) is 10.6. The average molecular weight is 304 g/mol. The Bertz CT molecular complexity index is 639. The van der Waals surface area contributed by atoms with E-state index in [1.165, 1.54) is 17.4 Å². The van der Waals surface area contributed by atoms with Crippen molar-refractivity contribution in [1.29, 1.82) is 0 Å². The summed E-state index contributed by atoms with van der Waals surface area (Å²) in [5.74, 6) is 0.520. The molecule has 1 aromatic heterocycles. The minimum absolute atomic E-state index is 0.0542. The lowest BCUT2D eigenvalue weighted by molar-refractivity contribution is 0.0595. The van der Waals surface area contributed by atoms with Crippen LogP contribution < -0.4 is 10.5 Å². The van der Waals surface area contributed by atoms with Gasteiger partial charge in [-0.1, -0.05) is 17.3 Å². The number of hydrogen-bond donors (Lipinski definition) is 1. The number of carbonyl (C=O) groups excluding carboxylic acids is 1. The van der Waals surface area contributed by atoms with Gasteiger partial charge in [0, 0.05) is 6.54 Å². The highest BCUT2D eigenvalue weighted by atomic mass is 16.5. The predicted octanol–water partition coefficient (Wildman–Crippen LogP) is 1.81. The number of nitrogens with two attached hydrogens (primary N) is 1.